The second-order valence-electron chi connectivity index (χ2n) is 8.11. The molecular formula is C25H25ClFN3O6. The number of hydrogen-bond acceptors (Lipinski definition) is 8. The van der Waals surface area contributed by atoms with Gasteiger partial charge in [-0.3, -0.25) is 4.79 Å². The first kappa shape index (κ1) is 25.5. The van der Waals surface area contributed by atoms with Crippen molar-refractivity contribution in [1.29, 1.82) is 0 Å². The largest absolute Gasteiger partial charge is 0.466 e. The normalized spacial score (nSPS) is 16.2. The first-order chi connectivity index (χ1) is 17.3. The van der Waals surface area contributed by atoms with Crippen molar-refractivity contribution in [2.75, 3.05) is 63.5 Å². The average Bonchev–Trinajstić information content (AvgIpc) is 2.91. The van der Waals surface area contributed by atoms with Gasteiger partial charge in [0.15, 0.2) is 0 Å². The number of amides is 1. The molecule has 1 saturated heterocycles. The van der Waals surface area contributed by atoms with Crippen molar-refractivity contribution >= 4 is 40.8 Å². The molecule has 1 fully saturated rings. The van der Waals surface area contributed by atoms with E-state index in [0.29, 0.717) is 42.6 Å². The van der Waals surface area contributed by atoms with Crippen LogP contribution in [0.15, 0.2) is 53.7 Å². The fourth-order valence-corrected chi connectivity index (χ4v) is 4.44. The molecule has 0 aromatic heterocycles. The molecule has 0 bridgehead atoms. The van der Waals surface area contributed by atoms with Crippen LogP contribution in [0.1, 0.15) is 10.4 Å². The Bertz CT molecular complexity index is 1210. The molecule has 36 heavy (non-hydrogen) atoms. The molecule has 0 radical (unpaired) electrons. The third-order valence-electron chi connectivity index (χ3n) is 6.07. The summed E-state index contributed by atoms with van der Waals surface area (Å²) in [7, 11) is 2.44. The minimum atomic E-state index is -0.718. The molecule has 2 aliphatic heterocycles. The Morgan fingerprint density at radius 1 is 0.944 bits per heavy atom. The highest BCUT2D eigenvalue weighted by molar-refractivity contribution is 6.31. The Labute approximate surface area is 212 Å². The highest BCUT2D eigenvalue weighted by Crippen LogP contribution is 2.37. The van der Waals surface area contributed by atoms with Gasteiger partial charge in [-0.1, -0.05) is 23.7 Å². The second kappa shape index (κ2) is 11.0. The third-order valence-corrected chi connectivity index (χ3v) is 6.31. The molecule has 2 aromatic rings. The van der Waals surface area contributed by atoms with E-state index in [2.05, 4.69) is 0 Å². The van der Waals surface area contributed by atoms with Crippen LogP contribution < -0.4 is 9.80 Å². The quantitative estimate of drug-likeness (QED) is 0.559. The Balaban J connectivity index is 1.63. The van der Waals surface area contributed by atoms with Crippen LogP contribution in [0.5, 0.6) is 0 Å². The van der Waals surface area contributed by atoms with Crippen molar-refractivity contribution in [2.45, 2.75) is 0 Å². The second-order valence-corrected chi connectivity index (χ2v) is 8.54. The van der Waals surface area contributed by atoms with E-state index in [1.54, 1.807) is 35.2 Å². The topological polar surface area (TPSA) is 88.6 Å². The van der Waals surface area contributed by atoms with E-state index in [1.807, 2.05) is 4.90 Å². The van der Waals surface area contributed by atoms with Gasteiger partial charge < -0.3 is 28.9 Å². The molecule has 11 heteroatoms. The van der Waals surface area contributed by atoms with Crippen LogP contribution in [-0.2, 0) is 23.8 Å². The van der Waals surface area contributed by atoms with Gasteiger partial charge in [0.25, 0.3) is 5.91 Å². The van der Waals surface area contributed by atoms with Crippen molar-refractivity contribution in [3.05, 3.63) is 70.1 Å². The summed E-state index contributed by atoms with van der Waals surface area (Å²) in [6, 6.07) is 11.1. The number of methoxy groups -OCH3 is 2. The van der Waals surface area contributed by atoms with Gasteiger partial charge in [-0.05, 0) is 30.3 Å². The van der Waals surface area contributed by atoms with Gasteiger partial charge >= 0.3 is 11.9 Å². The van der Waals surface area contributed by atoms with E-state index in [9.17, 15) is 18.8 Å². The van der Waals surface area contributed by atoms with Gasteiger partial charge in [0, 0.05) is 31.2 Å². The standard InChI is InChI=1S/C25H25ClFN3O6/c1-34-24(32)18-14-36-15-30(22(18)25(33)35-2)21-13-16(26)7-8-20(21)28-9-11-29(12-10-28)23(31)17-5-3-4-6-19(17)27/h3-8,13H,9-12,14-15H2,1-2H3. The molecular weight excluding hydrogens is 493 g/mol. The molecule has 2 heterocycles. The number of carbonyl (C=O) groups excluding carboxylic acids is 3. The molecule has 0 aliphatic carbocycles. The lowest BCUT2D eigenvalue weighted by Crippen LogP contribution is -2.49. The van der Waals surface area contributed by atoms with Crippen molar-refractivity contribution in [1.82, 2.24) is 4.90 Å². The van der Waals surface area contributed by atoms with Crippen LogP contribution in [0.25, 0.3) is 0 Å². The molecule has 2 aromatic carbocycles. The van der Waals surface area contributed by atoms with E-state index in [4.69, 9.17) is 25.8 Å². The van der Waals surface area contributed by atoms with E-state index in [0.717, 1.165) is 0 Å². The summed E-state index contributed by atoms with van der Waals surface area (Å²) in [5.41, 5.74) is 1.31. The summed E-state index contributed by atoms with van der Waals surface area (Å²) in [6.07, 6.45) is 0. The number of benzene rings is 2. The lowest BCUT2D eigenvalue weighted by Gasteiger charge is -2.39. The SMILES string of the molecule is COC(=O)C1=C(C(=O)OC)N(c2cc(Cl)ccc2N2CCN(C(=O)c3ccccc3F)CC2)COC1. The Morgan fingerprint density at radius 2 is 1.64 bits per heavy atom. The van der Waals surface area contributed by atoms with Gasteiger partial charge in [-0.15, -0.1) is 0 Å². The van der Waals surface area contributed by atoms with E-state index in [-0.39, 0.29) is 36.1 Å². The maximum Gasteiger partial charge on any atom is 0.355 e. The van der Waals surface area contributed by atoms with Gasteiger partial charge in [0.1, 0.15) is 18.2 Å². The average molecular weight is 518 g/mol. The number of esters is 2. The fourth-order valence-electron chi connectivity index (χ4n) is 4.27. The molecule has 0 saturated carbocycles. The molecule has 1 amide bonds. The van der Waals surface area contributed by atoms with Crippen LogP contribution in [0.2, 0.25) is 5.02 Å². The number of piperazine rings is 1. The number of rotatable bonds is 5. The summed E-state index contributed by atoms with van der Waals surface area (Å²) in [5, 5.41) is 0.413. The minimum Gasteiger partial charge on any atom is -0.466 e. The number of anilines is 2. The predicted molar refractivity (Wildman–Crippen MR) is 130 cm³/mol. The lowest BCUT2D eigenvalue weighted by molar-refractivity contribution is -0.140. The number of nitrogens with zero attached hydrogens (tertiary/aromatic N) is 3. The van der Waals surface area contributed by atoms with E-state index < -0.39 is 17.8 Å². The zero-order valence-corrected chi connectivity index (χ0v) is 20.6. The molecule has 2 aliphatic rings. The van der Waals surface area contributed by atoms with Crippen LogP contribution in [-0.4, -0.2) is 76.5 Å². The highest BCUT2D eigenvalue weighted by atomic mass is 35.5. The zero-order valence-electron chi connectivity index (χ0n) is 19.8. The first-order valence-corrected chi connectivity index (χ1v) is 11.6. The van der Waals surface area contributed by atoms with Crippen LogP contribution in [0.3, 0.4) is 0 Å². The maximum absolute atomic E-state index is 14.1. The van der Waals surface area contributed by atoms with Crippen molar-refractivity contribution in [3.63, 3.8) is 0 Å². The van der Waals surface area contributed by atoms with Crippen molar-refractivity contribution < 1.29 is 33.0 Å². The molecule has 0 unspecified atom stereocenters. The fraction of sp³-hybridized carbons (Fsp3) is 0.320. The van der Waals surface area contributed by atoms with Crippen LogP contribution in [0, 0.1) is 5.82 Å². The summed E-state index contributed by atoms with van der Waals surface area (Å²) in [6.45, 7) is 1.48. The zero-order chi connectivity index (χ0) is 25.8. The van der Waals surface area contributed by atoms with Gasteiger partial charge in [0.05, 0.1) is 43.3 Å². The highest BCUT2D eigenvalue weighted by Gasteiger charge is 2.35. The van der Waals surface area contributed by atoms with Crippen LogP contribution in [0.4, 0.5) is 15.8 Å². The lowest BCUT2D eigenvalue weighted by atomic mass is 10.1. The molecule has 9 nitrogen and oxygen atoms in total. The molecule has 0 atom stereocenters. The van der Waals surface area contributed by atoms with Gasteiger partial charge in [0.2, 0.25) is 0 Å². The van der Waals surface area contributed by atoms with E-state index in [1.165, 1.54) is 31.3 Å². The van der Waals surface area contributed by atoms with Gasteiger partial charge in [-0.25, -0.2) is 14.0 Å². The van der Waals surface area contributed by atoms with Crippen molar-refractivity contribution in [2.24, 2.45) is 0 Å². The number of ether oxygens (including phenoxy) is 3. The summed E-state index contributed by atoms with van der Waals surface area (Å²) in [4.78, 5) is 43.1. The van der Waals surface area contributed by atoms with Gasteiger partial charge in [-0.2, -0.15) is 0 Å². The monoisotopic (exact) mass is 517 g/mol. The van der Waals surface area contributed by atoms with E-state index >= 15 is 0 Å². The third kappa shape index (κ3) is 5.00. The minimum absolute atomic E-state index is 0.00693. The number of hydrogen-bond donors (Lipinski definition) is 0. The smallest absolute Gasteiger partial charge is 0.355 e. The summed E-state index contributed by atoms with van der Waals surface area (Å²) in [5.74, 6) is -2.35. The molecule has 0 spiro atoms. The molecule has 0 N–H and O–H groups in total. The van der Waals surface area contributed by atoms with Crippen molar-refractivity contribution in [3.8, 4) is 0 Å². The number of carbonyl (C=O) groups is 3. The molecule has 190 valence electrons. The van der Waals surface area contributed by atoms with Crippen LogP contribution >= 0.6 is 11.6 Å². The Morgan fingerprint density at radius 3 is 2.31 bits per heavy atom. The molecule has 4 rings (SSSR count). The summed E-state index contributed by atoms with van der Waals surface area (Å²) >= 11 is 6.31. The number of halogens is 2. The first-order valence-electron chi connectivity index (χ1n) is 11.2. The predicted octanol–water partition coefficient (Wildman–Crippen LogP) is 2.84. The maximum atomic E-state index is 14.1. The summed E-state index contributed by atoms with van der Waals surface area (Å²) < 4.78 is 29.5. The Hall–Kier alpha value is -3.63. The Kier molecular flexibility index (Phi) is 7.76.